The molecule has 4 nitrogen and oxygen atoms in total. The van der Waals surface area contributed by atoms with Crippen molar-refractivity contribution >= 4 is 34.8 Å². The van der Waals surface area contributed by atoms with Gasteiger partial charge in [0, 0.05) is 5.56 Å². The molecule has 0 fully saturated rings. The molecule has 0 amide bonds. The number of halogens is 1. The molecule has 1 aromatic rings. The molecule has 0 unspecified atom stereocenters. The van der Waals surface area contributed by atoms with Gasteiger partial charge >= 0.3 is 5.97 Å². The zero-order chi connectivity index (χ0) is 10.6. The van der Waals surface area contributed by atoms with Gasteiger partial charge in [0.15, 0.2) is 6.61 Å². The third kappa shape index (κ3) is 2.99. The predicted molar refractivity (Wildman–Crippen MR) is 57.7 cm³/mol. The fourth-order valence-electron chi connectivity index (χ4n) is 0.847. The number of hydrogen-bond acceptors (Lipinski definition) is 3. The Kier molecular flexibility index (Phi) is 3.87. The summed E-state index contributed by atoms with van der Waals surface area (Å²) < 4.78 is 5.69. The number of carboxylic acids is 1. The summed E-state index contributed by atoms with van der Waals surface area (Å²) in [6.45, 7) is -0.379. The van der Waals surface area contributed by atoms with Crippen LogP contribution in [0.4, 0.5) is 0 Å². The molecular weight excluding hydrogens is 299 g/mol. The number of carboxylic acid groups (broad SMARTS) is 1. The molecule has 0 aliphatic heterocycles. The first-order valence-corrected chi connectivity index (χ1v) is 4.80. The number of rotatable bonds is 4. The van der Waals surface area contributed by atoms with Gasteiger partial charge in [-0.15, -0.1) is 0 Å². The van der Waals surface area contributed by atoms with Crippen LogP contribution in [-0.4, -0.2) is 24.0 Å². The van der Waals surface area contributed by atoms with Crippen LogP contribution in [0, 0.1) is 3.57 Å². The van der Waals surface area contributed by atoms with E-state index >= 15 is 0 Å². The van der Waals surface area contributed by atoms with Gasteiger partial charge in [0.1, 0.15) is 12.0 Å². The van der Waals surface area contributed by atoms with E-state index in [0.717, 1.165) is 6.29 Å². The quantitative estimate of drug-likeness (QED) is 0.677. The molecule has 0 aliphatic carbocycles. The number of ether oxygens (including phenoxy) is 1. The maximum absolute atomic E-state index is 10.4. The van der Waals surface area contributed by atoms with Crippen molar-refractivity contribution in [2.24, 2.45) is 0 Å². The van der Waals surface area contributed by atoms with E-state index in [-0.39, 0.29) is 6.61 Å². The lowest BCUT2D eigenvalue weighted by Gasteiger charge is -2.05. The van der Waals surface area contributed by atoms with Gasteiger partial charge in [0.2, 0.25) is 0 Å². The molecule has 0 spiro atoms. The van der Waals surface area contributed by atoms with Crippen molar-refractivity contribution in [1.82, 2.24) is 0 Å². The van der Waals surface area contributed by atoms with Crippen molar-refractivity contribution < 1.29 is 19.4 Å². The Labute approximate surface area is 94.0 Å². The van der Waals surface area contributed by atoms with Gasteiger partial charge in [-0.1, -0.05) is 0 Å². The molecule has 1 N–H and O–H groups in total. The molecule has 0 aromatic heterocycles. The van der Waals surface area contributed by atoms with E-state index in [0.29, 0.717) is 14.9 Å². The summed E-state index contributed by atoms with van der Waals surface area (Å²) >= 11 is 1.98. The van der Waals surface area contributed by atoms with Crippen molar-refractivity contribution in [3.05, 3.63) is 27.3 Å². The van der Waals surface area contributed by atoms with Crippen LogP contribution < -0.4 is 4.74 Å². The van der Waals surface area contributed by atoms with E-state index in [1.165, 1.54) is 0 Å². The summed E-state index contributed by atoms with van der Waals surface area (Å²) in [6.07, 6.45) is 0.725. The molecule has 0 atom stereocenters. The smallest absolute Gasteiger partial charge is 0.341 e. The average molecular weight is 306 g/mol. The van der Waals surface area contributed by atoms with Gasteiger partial charge in [0.25, 0.3) is 0 Å². The molecule has 0 radical (unpaired) electrons. The summed E-state index contributed by atoms with van der Waals surface area (Å²) in [6, 6.07) is 4.78. The normalized spacial score (nSPS) is 9.50. The van der Waals surface area contributed by atoms with Crippen LogP contribution in [0.3, 0.4) is 0 Å². The highest BCUT2D eigenvalue weighted by Crippen LogP contribution is 2.21. The minimum Gasteiger partial charge on any atom is -0.481 e. The Bertz CT molecular complexity index is 362. The Hall–Kier alpha value is -1.11. The minimum absolute atomic E-state index is 0.379. The number of aliphatic carboxylic acids is 1. The predicted octanol–water partition coefficient (Wildman–Crippen LogP) is 1.57. The number of carbonyl (C=O) groups excluding carboxylic acids is 1. The van der Waals surface area contributed by atoms with Crippen LogP contribution in [0.25, 0.3) is 0 Å². The summed E-state index contributed by atoms with van der Waals surface area (Å²) in [5.41, 5.74) is 0.539. The molecule has 1 aromatic carbocycles. The van der Waals surface area contributed by atoms with Gasteiger partial charge in [-0.3, -0.25) is 4.79 Å². The highest BCUT2D eigenvalue weighted by Gasteiger charge is 2.04. The lowest BCUT2D eigenvalue weighted by Crippen LogP contribution is -2.10. The molecule has 0 aliphatic rings. The second kappa shape index (κ2) is 4.94. The molecule has 0 bridgehead atoms. The van der Waals surface area contributed by atoms with Crippen molar-refractivity contribution in [3.8, 4) is 5.75 Å². The van der Waals surface area contributed by atoms with E-state index in [1.54, 1.807) is 18.2 Å². The van der Waals surface area contributed by atoms with Gasteiger partial charge in [0.05, 0.1) is 3.57 Å². The summed E-state index contributed by atoms with van der Waals surface area (Å²) in [7, 11) is 0. The van der Waals surface area contributed by atoms with Crippen LogP contribution >= 0.6 is 22.6 Å². The number of carbonyl (C=O) groups is 2. The lowest BCUT2D eigenvalue weighted by molar-refractivity contribution is -0.139. The molecule has 0 saturated carbocycles. The van der Waals surface area contributed by atoms with E-state index < -0.39 is 5.97 Å². The first kappa shape index (κ1) is 11.0. The fraction of sp³-hybridized carbons (Fsp3) is 0.111. The van der Waals surface area contributed by atoms with E-state index in [1.807, 2.05) is 22.6 Å². The monoisotopic (exact) mass is 306 g/mol. The Morgan fingerprint density at radius 3 is 2.79 bits per heavy atom. The Morgan fingerprint density at radius 1 is 1.57 bits per heavy atom. The molecular formula is C9H7IO4. The van der Waals surface area contributed by atoms with Crippen LogP contribution in [0.1, 0.15) is 10.4 Å². The molecule has 0 saturated heterocycles. The first-order valence-electron chi connectivity index (χ1n) is 3.73. The molecule has 5 heteroatoms. The van der Waals surface area contributed by atoms with E-state index in [9.17, 15) is 9.59 Å². The van der Waals surface area contributed by atoms with Crippen LogP contribution in [0.15, 0.2) is 18.2 Å². The Morgan fingerprint density at radius 2 is 2.29 bits per heavy atom. The average Bonchev–Trinajstić information content (AvgIpc) is 2.15. The zero-order valence-electron chi connectivity index (χ0n) is 7.07. The number of aldehydes is 1. The maximum Gasteiger partial charge on any atom is 0.341 e. The highest BCUT2D eigenvalue weighted by molar-refractivity contribution is 14.1. The lowest BCUT2D eigenvalue weighted by atomic mass is 10.2. The van der Waals surface area contributed by atoms with E-state index in [2.05, 4.69) is 0 Å². The zero-order valence-corrected chi connectivity index (χ0v) is 9.22. The third-order valence-electron chi connectivity index (χ3n) is 1.44. The van der Waals surface area contributed by atoms with Gasteiger partial charge < -0.3 is 9.84 Å². The van der Waals surface area contributed by atoms with Crippen molar-refractivity contribution in [3.63, 3.8) is 0 Å². The van der Waals surface area contributed by atoms with Crippen molar-refractivity contribution in [1.29, 1.82) is 0 Å². The van der Waals surface area contributed by atoms with Gasteiger partial charge in [-0.25, -0.2) is 4.79 Å². The second-order valence-electron chi connectivity index (χ2n) is 2.49. The minimum atomic E-state index is -1.03. The third-order valence-corrected chi connectivity index (χ3v) is 2.29. The summed E-state index contributed by atoms with van der Waals surface area (Å²) in [4.78, 5) is 20.6. The topological polar surface area (TPSA) is 63.6 Å². The Balaban J connectivity index is 2.78. The van der Waals surface area contributed by atoms with Crippen LogP contribution in [-0.2, 0) is 4.79 Å². The van der Waals surface area contributed by atoms with Gasteiger partial charge in [-0.05, 0) is 40.8 Å². The van der Waals surface area contributed by atoms with E-state index in [4.69, 9.17) is 9.84 Å². The second-order valence-corrected chi connectivity index (χ2v) is 3.65. The molecule has 0 heterocycles. The van der Waals surface area contributed by atoms with Crippen LogP contribution in [0.5, 0.6) is 5.75 Å². The van der Waals surface area contributed by atoms with Crippen molar-refractivity contribution in [2.45, 2.75) is 0 Å². The summed E-state index contributed by atoms with van der Waals surface area (Å²) in [5, 5.41) is 8.38. The molecule has 1 rings (SSSR count). The maximum atomic E-state index is 10.4. The number of hydrogen-bond donors (Lipinski definition) is 1. The van der Waals surface area contributed by atoms with Crippen LogP contribution in [0.2, 0.25) is 0 Å². The van der Waals surface area contributed by atoms with Gasteiger partial charge in [-0.2, -0.15) is 0 Å². The largest absolute Gasteiger partial charge is 0.481 e. The molecule has 14 heavy (non-hydrogen) atoms. The SMILES string of the molecule is O=Cc1ccc(OCC(=O)O)c(I)c1. The fourth-order valence-corrected chi connectivity index (χ4v) is 1.54. The first-order chi connectivity index (χ1) is 6.63. The summed E-state index contributed by atoms with van der Waals surface area (Å²) in [5.74, 6) is -0.557. The number of benzene rings is 1. The highest BCUT2D eigenvalue weighted by atomic mass is 127. The standard InChI is InChI=1S/C9H7IO4/c10-7-3-6(4-11)1-2-8(7)14-5-9(12)13/h1-4H,5H2,(H,12,13). The molecule has 74 valence electrons. The van der Waals surface area contributed by atoms with Crippen molar-refractivity contribution in [2.75, 3.05) is 6.61 Å².